The number of amides is 1. The Bertz CT molecular complexity index is 589. The fourth-order valence-corrected chi connectivity index (χ4v) is 2.58. The van der Waals surface area contributed by atoms with Gasteiger partial charge in [0.2, 0.25) is 5.91 Å². The van der Waals surface area contributed by atoms with Crippen LogP contribution in [-0.2, 0) is 11.2 Å². The van der Waals surface area contributed by atoms with Crippen molar-refractivity contribution in [1.29, 1.82) is 0 Å². The number of benzene rings is 1. The first-order chi connectivity index (χ1) is 12.6. The number of guanidine groups is 1. The van der Waals surface area contributed by atoms with Crippen molar-refractivity contribution >= 4 is 11.9 Å². The highest BCUT2D eigenvalue weighted by molar-refractivity contribution is 5.80. The maximum Gasteiger partial charge on any atom is 0.224 e. The van der Waals surface area contributed by atoms with E-state index >= 15 is 0 Å². The van der Waals surface area contributed by atoms with Crippen molar-refractivity contribution in [2.75, 3.05) is 33.7 Å². The molecule has 144 valence electrons. The third-order valence-corrected chi connectivity index (χ3v) is 3.96. The summed E-state index contributed by atoms with van der Waals surface area (Å²) in [6.45, 7) is 5.74. The molecule has 0 saturated carbocycles. The minimum Gasteiger partial charge on any atom is -0.354 e. The van der Waals surface area contributed by atoms with Gasteiger partial charge in [-0.2, -0.15) is 0 Å². The lowest BCUT2D eigenvalue weighted by atomic mass is 10.1. The summed E-state index contributed by atoms with van der Waals surface area (Å²) in [5.74, 6) is 0.365. The molecule has 0 saturated heterocycles. The van der Waals surface area contributed by atoms with Gasteiger partial charge in [-0.25, -0.2) is 4.39 Å². The largest absolute Gasteiger partial charge is 0.354 e. The molecule has 0 fully saturated rings. The predicted octanol–water partition coefficient (Wildman–Crippen LogP) is 2.74. The van der Waals surface area contributed by atoms with Gasteiger partial charge in [-0.05, 0) is 37.0 Å². The van der Waals surface area contributed by atoms with Gasteiger partial charge >= 0.3 is 0 Å². The average molecular weight is 362 g/mol. The first-order valence-corrected chi connectivity index (χ1v) is 9.10. The van der Waals surface area contributed by atoms with Gasteiger partial charge in [-0.3, -0.25) is 9.79 Å². The number of rotatable bonds is 11. The van der Waals surface area contributed by atoms with Crippen molar-refractivity contribution in [3.63, 3.8) is 0 Å². The highest BCUT2D eigenvalue weighted by Gasteiger charge is 2.06. The van der Waals surface area contributed by atoms with Gasteiger partial charge < -0.3 is 15.5 Å². The first kappa shape index (κ1) is 21.7. The predicted molar refractivity (Wildman–Crippen MR) is 106 cm³/mol. The van der Waals surface area contributed by atoms with Crippen LogP contribution in [0.3, 0.4) is 0 Å². The molecule has 0 atom stereocenters. The third kappa shape index (κ3) is 9.20. The van der Waals surface area contributed by atoms with E-state index in [1.165, 1.54) is 25.0 Å². The lowest BCUT2D eigenvalue weighted by Gasteiger charge is -2.22. The van der Waals surface area contributed by atoms with Gasteiger partial charge in [0.05, 0.1) is 6.42 Å². The van der Waals surface area contributed by atoms with E-state index < -0.39 is 0 Å². The van der Waals surface area contributed by atoms with E-state index in [2.05, 4.69) is 27.1 Å². The summed E-state index contributed by atoms with van der Waals surface area (Å²) in [7, 11) is 3.75. The minimum atomic E-state index is -0.326. The molecule has 0 radical (unpaired) electrons. The Morgan fingerprint density at radius 1 is 1.27 bits per heavy atom. The Balaban J connectivity index is 2.21. The zero-order valence-corrected chi connectivity index (χ0v) is 15.9. The topological polar surface area (TPSA) is 56.7 Å². The van der Waals surface area contributed by atoms with Gasteiger partial charge in [0, 0.05) is 33.7 Å². The van der Waals surface area contributed by atoms with Crippen LogP contribution in [0.15, 0.2) is 41.9 Å². The molecule has 0 unspecified atom stereocenters. The lowest BCUT2D eigenvalue weighted by Crippen LogP contribution is -2.43. The van der Waals surface area contributed by atoms with Gasteiger partial charge in [0.1, 0.15) is 5.82 Å². The van der Waals surface area contributed by atoms with Gasteiger partial charge in [0.25, 0.3) is 0 Å². The fraction of sp³-hybridized carbons (Fsp3) is 0.500. The second kappa shape index (κ2) is 12.9. The number of carbonyl (C=O) groups is 1. The van der Waals surface area contributed by atoms with Crippen LogP contribution in [0.25, 0.3) is 0 Å². The quantitative estimate of drug-likeness (QED) is 0.275. The van der Waals surface area contributed by atoms with Crippen LogP contribution in [0, 0.1) is 5.82 Å². The Morgan fingerprint density at radius 2 is 2.04 bits per heavy atom. The van der Waals surface area contributed by atoms with E-state index in [-0.39, 0.29) is 18.1 Å². The number of unbranched alkanes of at least 4 members (excludes halogenated alkanes) is 3. The molecule has 5 nitrogen and oxygen atoms in total. The maximum absolute atomic E-state index is 13.1. The van der Waals surface area contributed by atoms with Gasteiger partial charge in [-0.15, -0.1) is 6.58 Å². The highest BCUT2D eigenvalue weighted by Crippen LogP contribution is 2.04. The van der Waals surface area contributed by atoms with Crippen molar-refractivity contribution in [2.24, 2.45) is 4.99 Å². The average Bonchev–Trinajstić information content (AvgIpc) is 2.61. The SMILES string of the molecule is C=CCCCCCN(C)C(=NC)NCCNC(=O)Cc1cccc(F)c1. The van der Waals surface area contributed by atoms with Crippen molar-refractivity contribution in [1.82, 2.24) is 15.5 Å². The first-order valence-electron chi connectivity index (χ1n) is 9.10. The molecule has 1 aromatic rings. The summed E-state index contributed by atoms with van der Waals surface area (Å²) in [6, 6.07) is 6.10. The third-order valence-electron chi connectivity index (χ3n) is 3.96. The molecule has 0 heterocycles. The Labute approximate surface area is 156 Å². The summed E-state index contributed by atoms with van der Waals surface area (Å²) in [4.78, 5) is 18.2. The van der Waals surface area contributed by atoms with E-state index in [4.69, 9.17) is 0 Å². The van der Waals surface area contributed by atoms with Crippen molar-refractivity contribution in [3.05, 3.63) is 48.3 Å². The van der Waals surface area contributed by atoms with Crippen molar-refractivity contribution < 1.29 is 9.18 Å². The van der Waals surface area contributed by atoms with Crippen LogP contribution < -0.4 is 10.6 Å². The molecule has 26 heavy (non-hydrogen) atoms. The summed E-state index contributed by atoms with van der Waals surface area (Å²) < 4.78 is 13.1. The Hall–Kier alpha value is -2.37. The van der Waals surface area contributed by atoms with Crippen molar-refractivity contribution in [2.45, 2.75) is 32.1 Å². The molecule has 0 spiro atoms. The monoisotopic (exact) mass is 362 g/mol. The smallest absolute Gasteiger partial charge is 0.224 e. The second-order valence-electron chi connectivity index (χ2n) is 6.19. The van der Waals surface area contributed by atoms with Crippen LogP contribution in [0.5, 0.6) is 0 Å². The summed E-state index contributed by atoms with van der Waals surface area (Å²) >= 11 is 0. The van der Waals surface area contributed by atoms with E-state index in [1.807, 2.05) is 13.1 Å². The van der Waals surface area contributed by atoms with Crippen LogP contribution in [0.2, 0.25) is 0 Å². The molecule has 6 heteroatoms. The number of halogens is 1. The van der Waals surface area contributed by atoms with E-state index in [0.29, 0.717) is 18.7 Å². The van der Waals surface area contributed by atoms with Crippen LogP contribution in [0.4, 0.5) is 4.39 Å². The highest BCUT2D eigenvalue weighted by atomic mass is 19.1. The second-order valence-corrected chi connectivity index (χ2v) is 6.19. The Morgan fingerprint density at radius 3 is 2.73 bits per heavy atom. The molecule has 0 aliphatic rings. The molecule has 0 bridgehead atoms. The minimum absolute atomic E-state index is 0.122. The summed E-state index contributed by atoms with van der Waals surface area (Å²) in [6.07, 6.45) is 6.63. The molecule has 0 aliphatic carbocycles. The fourth-order valence-electron chi connectivity index (χ4n) is 2.58. The number of aliphatic imine (C=N–C) groups is 1. The maximum atomic E-state index is 13.1. The van der Waals surface area contributed by atoms with E-state index in [9.17, 15) is 9.18 Å². The van der Waals surface area contributed by atoms with Gasteiger partial charge in [0.15, 0.2) is 5.96 Å². The van der Waals surface area contributed by atoms with Crippen LogP contribution in [0.1, 0.15) is 31.2 Å². The molecule has 0 aromatic heterocycles. The molecule has 0 aliphatic heterocycles. The zero-order valence-electron chi connectivity index (χ0n) is 15.9. The molecular formula is C20H31FN4O. The number of hydrogen-bond donors (Lipinski definition) is 2. The van der Waals surface area contributed by atoms with Crippen LogP contribution in [-0.4, -0.2) is 50.5 Å². The Kier molecular flexibility index (Phi) is 10.8. The zero-order chi connectivity index (χ0) is 19.2. The number of carbonyl (C=O) groups excluding carboxylic acids is 1. The summed E-state index contributed by atoms with van der Waals surface area (Å²) in [5.41, 5.74) is 0.669. The van der Waals surface area contributed by atoms with Gasteiger partial charge in [-0.1, -0.05) is 24.6 Å². The molecule has 2 N–H and O–H groups in total. The van der Waals surface area contributed by atoms with E-state index in [1.54, 1.807) is 19.2 Å². The van der Waals surface area contributed by atoms with Crippen LogP contribution >= 0.6 is 0 Å². The number of nitrogens with one attached hydrogen (secondary N) is 2. The summed E-state index contributed by atoms with van der Waals surface area (Å²) in [5, 5.41) is 6.06. The number of hydrogen-bond acceptors (Lipinski definition) is 2. The lowest BCUT2D eigenvalue weighted by molar-refractivity contribution is -0.120. The standard InChI is InChI=1S/C20H31FN4O/c1-4-5-6-7-8-14-25(3)20(22-2)24-13-12-23-19(26)16-17-10-9-11-18(21)15-17/h4,9-11,15H,1,5-8,12-14,16H2,2-3H3,(H,22,24)(H,23,26). The van der Waals surface area contributed by atoms with E-state index in [0.717, 1.165) is 25.3 Å². The number of nitrogens with zero attached hydrogens (tertiary/aromatic N) is 2. The normalized spacial score (nSPS) is 11.1. The molecule has 1 rings (SSSR count). The van der Waals surface area contributed by atoms with Crippen molar-refractivity contribution in [3.8, 4) is 0 Å². The molecule has 1 amide bonds. The molecule has 1 aromatic carbocycles. The molecular weight excluding hydrogens is 331 g/mol. The number of allylic oxidation sites excluding steroid dienone is 1.